The molecule has 613 valence electrons. The molecule has 3 amide bonds. The second-order valence-corrected chi connectivity index (χ2v) is 28.9. The Morgan fingerprint density at radius 3 is 1.14 bits per heavy atom. The topological polar surface area (TPSA) is 493 Å². The summed E-state index contributed by atoms with van der Waals surface area (Å²) in [6, 6.07) is 11.8. The molecule has 0 spiro atoms. The minimum Gasteiger partial charge on any atom is -1.00 e. The zero-order chi connectivity index (χ0) is 79.2. The summed E-state index contributed by atoms with van der Waals surface area (Å²) in [6.07, 6.45) is -3.50. The fourth-order valence-corrected chi connectivity index (χ4v) is 14.8. The molecule has 5 aliphatic rings. The number of quaternary nitrogens is 2. The van der Waals surface area contributed by atoms with Crippen molar-refractivity contribution < 1.29 is 195 Å². The molecule has 34 heteroatoms. The second-order valence-electron chi connectivity index (χ2n) is 27.6. The summed E-state index contributed by atoms with van der Waals surface area (Å²) in [7, 11) is 3.39. The van der Waals surface area contributed by atoms with Gasteiger partial charge in [0.25, 0.3) is 17.4 Å². The van der Waals surface area contributed by atoms with Crippen molar-refractivity contribution in [2.75, 3.05) is 65.7 Å². The number of hydrogen-bond acceptors (Lipinski definition) is 27. The van der Waals surface area contributed by atoms with Gasteiger partial charge in [-0.2, -0.15) is 11.8 Å². The second kappa shape index (κ2) is 49.3. The molecular weight excluding hydrogens is 1680 g/mol. The Kier molecular flexibility index (Phi) is 44.6. The molecule has 0 bridgehead atoms. The Labute approximate surface area is 683 Å². The molecular formula is C75H117AcClN5O26S+. The smallest absolute Gasteiger partial charge is 0.366 e. The van der Waals surface area contributed by atoms with Crippen molar-refractivity contribution in [3.05, 3.63) is 96.1 Å². The van der Waals surface area contributed by atoms with Crippen molar-refractivity contribution in [2.24, 2.45) is 0 Å². The molecule has 7 rings (SSSR count). The molecule has 5 fully saturated rings. The summed E-state index contributed by atoms with van der Waals surface area (Å²) in [4.78, 5) is 98.7. The number of carbonyl (C=O) groups excluding carboxylic acids is 8. The van der Waals surface area contributed by atoms with Gasteiger partial charge in [-0.3, -0.25) is 24.0 Å². The maximum atomic E-state index is 12.9. The number of aliphatic hydroxyl groups is 9. The minimum atomic E-state index is -2.10. The van der Waals surface area contributed by atoms with E-state index < -0.39 is 151 Å². The van der Waals surface area contributed by atoms with E-state index in [4.69, 9.17) is 42.6 Å². The van der Waals surface area contributed by atoms with Gasteiger partial charge in [-0.1, -0.05) is 99.2 Å². The number of amides is 3. The maximum Gasteiger partial charge on any atom is 0.366 e. The van der Waals surface area contributed by atoms with E-state index >= 15 is 0 Å². The number of Topliss-reactive ketones (excluding diaryl/α,β-unsaturated/α-hetero) is 2. The average molecular weight is 1800 g/mol. The first-order chi connectivity index (χ1) is 50.9. The Hall–Kier alpha value is -4.52. The van der Waals surface area contributed by atoms with Crippen LogP contribution in [0.15, 0.2) is 73.8 Å². The van der Waals surface area contributed by atoms with Gasteiger partial charge in [0.15, 0.2) is 11.6 Å². The van der Waals surface area contributed by atoms with Gasteiger partial charge in [0, 0.05) is 114 Å². The summed E-state index contributed by atoms with van der Waals surface area (Å²) in [5.74, 6) is -8.13. The number of ether oxygens (including phenoxy) is 9. The van der Waals surface area contributed by atoms with E-state index in [2.05, 4.69) is 40.6 Å². The molecule has 2 aliphatic carbocycles. The normalized spacial score (nSPS) is 27.3. The molecule has 1 radical (unpaired) electrons. The van der Waals surface area contributed by atoms with Crippen LogP contribution in [-0.2, 0) is 71.4 Å². The molecule has 2 aromatic rings. The Morgan fingerprint density at radius 1 is 0.523 bits per heavy atom. The number of nitrogens with one attached hydrogen (secondary N) is 3. The fourth-order valence-electron chi connectivity index (χ4n) is 14.0. The molecule has 109 heavy (non-hydrogen) atoms. The molecule has 31 nitrogen and oxygen atoms in total. The number of rotatable bonds is 36. The average Bonchev–Trinajstić information content (AvgIpc) is 0.777. The first kappa shape index (κ1) is 98.7. The van der Waals surface area contributed by atoms with Gasteiger partial charge in [-0.15, -0.1) is 13.2 Å². The molecule has 3 heterocycles. The van der Waals surface area contributed by atoms with Crippen molar-refractivity contribution in [1.29, 1.82) is 0 Å². The van der Waals surface area contributed by atoms with Crippen LogP contribution in [0, 0.1) is 44.1 Å². The third-order valence-electron chi connectivity index (χ3n) is 19.7. The van der Waals surface area contributed by atoms with Crippen LogP contribution in [0.2, 0.25) is 0 Å². The number of esters is 3. The molecule has 0 aromatic heterocycles. The van der Waals surface area contributed by atoms with Crippen molar-refractivity contribution in [1.82, 2.24) is 16.0 Å². The van der Waals surface area contributed by atoms with Crippen molar-refractivity contribution in [3.63, 3.8) is 0 Å². The molecule has 3 aliphatic heterocycles. The van der Waals surface area contributed by atoms with Crippen LogP contribution in [-0.4, -0.2) is 268 Å². The van der Waals surface area contributed by atoms with Crippen LogP contribution in [0.25, 0.3) is 0 Å². The van der Waals surface area contributed by atoms with Crippen molar-refractivity contribution in [2.45, 2.75) is 257 Å². The molecule has 18 atom stereocenters. The van der Waals surface area contributed by atoms with Gasteiger partial charge in [0.05, 0.1) is 96.3 Å². The zero-order valence-corrected chi connectivity index (χ0v) is 69.7. The summed E-state index contributed by atoms with van der Waals surface area (Å²) < 4.78 is 48.7. The SMILES string of the molecule is C=CCO[C@]1(C(=O)OC)C[C@@H](O)[C@@H](NC(C)=O)C([C@H](O)[C@H](O)CCC(=O)c2ccc(C3CCCCC3)cc2)O1.C=CCO[C@]1(C(=O)OC)C[C@@H](O)[C@@H](NC(C)=O)C([C@H](O)[C@H](O)C[NH3+])O1.COC(=O)[C@@]1(OCCCSCC[NH3+])C[C@@H](O)[C@@H](NC(C)=O)C([C@H](O)[C@H](O)CCC(=O)c2ccc(C3CCCCC3)cc2)O1.[Ac].[Cl-]. The van der Waals surface area contributed by atoms with Gasteiger partial charge >= 0.3 is 17.9 Å². The summed E-state index contributed by atoms with van der Waals surface area (Å²) in [5, 5.41) is 104. The Bertz CT molecular complexity index is 3160. The van der Waals surface area contributed by atoms with Crippen molar-refractivity contribution >= 4 is 59.0 Å². The number of benzene rings is 2. The monoisotopic (exact) mass is 1800 g/mol. The number of methoxy groups -OCH3 is 3. The Balaban J connectivity index is 0.000000434. The molecule has 2 aromatic carbocycles. The van der Waals surface area contributed by atoms with Gasteiger partial charge in [-0.05, 0) is 73.7 Å². The maximum absolute atomic E-state index is 12.9. The molecule has 3 saturated heterocycles. The van der Waals surface area contributed by atoms with Gasteiger partial charge in [-0.25, -0.2) is 14.4 Å². The van der Waals surface area contributed by atoms with Gasteiger partial charge in [0.1, 0.15) is 49.3 Å². The predicted molar refractivity (Wildman–Crippen MR) is 387 cm³/mol. The number of hydrogen-bond donors (Lipinski definition) is 14. The standard InChI is InChI=1S/C31H48N2O9S.C29H41NO9.C15H26N2O8.Ac.ClH/c1-20(34)33-27-26(37)19-31(30(39)40-2,41-16-6-17-43-18-15-32)42-29(27)28(38)25(36)14-13-24(35)23-11-9-22(10-12-23)21-7-4-3-5-8-21;1-4-16-38-29(28(36)37-3)17-24(34)25(30-18(2)31)27(39-29)26(35)23(33)15-14-22(32)21-12-10-20(11-13-21)19-8-6-5-7-9-19;1-4-5-24-15(14(22)23-3)6-9(19)11(17-8(2)18)13(25-15)12(21)10(20)7-16;;/h9-12,21,25-29,36-38H,3-8,13-19,32H2,1-2H3,(H,33,34);4,10-13,19,23-27,33-35H,1,5-9,14-17H2,2-3H3,(H,30,31);4,9-13,19-21H,1,5-7,16H2,2-3H3,(H,17,18);;1H/p+1/t25-,26-,27-,28-,29?,31-;23-,24-,25-,26-,27?,29-;9-,10-,11-,12-,13?,15-;;/m111../s1. The largest absolute Gasteiger partial charge is 1.00 e. The van der Waals surface area contributed by atoms with Crippen LogP contribution in [0.3, 0.4) is 0 Å². The van der Waals surface area contributed by atoms with E-state index in [-0.39, 0.29) is 133 Å². The third kappa shape index (κ3) is 28.8. The first-order valence-electron chi connectivity index (χ1n) is 36.7. The quantitative estimate of drug-likeness (QED) is 0.0107. The fraction of sp³-hybridized carbons (Fsp3) is 0.680. The van der Waals surface area contributed by atoms with Crippen LogP contribution >= 0.6 is 11.8 Å². The van der Waals surface area contributed by atoms with Crippen LogP contribution in [0.4, 0.5) is 0 Å². The zero-order valence-electron chi connectivity index (χ0n) is 63.4. The number of ketones is 2. The number of aliphatic hydroxyl groups excluding tert-OH is 9. The number of halogens is 1. The molecule has 18 N–H and O–H groups in total. The summed E-state index contributed by atoms with van der Waals surface area (Å²) in [6.45, 7) is 11.3. The number of carbonyl (C=O) groups is 8. The summed E-state index contributed by atoms with van der Waals surface area (Å²) in [5.41, 5.74) is 10.8. The van der Waals surface area contributed by atoms with E-state index in [1.807, 2.05) is 36.4 Å². The Morgan fingerprint density at radius 2 is 0.844 bits per heavy atom. The molecule has 2 saturated carbocycles. The predicted octanol–water partition coefficient (Wildman–Crippen LogP) is -2.85. The molecule has 3 unspecified atom stereocenters. The minimum absolute atomic E-state index is 0. The summed E-state index contributed by atoms with van der Waals surface area (Å²) >= 11 is 1.69. The van der Waals surface area contributed by atoms with E-state index in [0.29, 0.717) is 29.4 Å². The number of thioether (sulfide) groups is 1. The first-order valence-corrected chi connectivity index (χ1v) is 37.9. The van der Waals surface area contributed by atoms with E-state index in [1.54, 1.807) is 23.9 Å². The van der Waals surface area contributed by atoms with E-state index in [1.165, 1.54) is 82.6 Å². The van der Waals surface area contributed by atoms with E-state index in [9.17, 15) is 84.3 Å². The van der Waals surface area contributed by atoms with E-state index in [0.717, 1.165) is 65.1 Å². The van der Waals surface area contributed by atoms with Crippen LogP contribution < -0.4 is 39.8 Å². The van der Waals surface area contributed by atoms with Crippen molar-refractivity contribution in [3.8, 4) is 0 Å². The third-order valence-corrected chi connectivity index (χ3v) is 20.8. The van der Waals surface area contributed by atoms with Gasteiger partial charge < -0.3 is 128 Å². The van der Waals surface area contributed by atoms with Crippen LogP contribution in [0.1, 0.15) is 180 Å². The van der Waals surface area contributed by atoms with Crippen LogP contribution in [0.5, 0.6) is 0 Å². The van der Waals surface area contributed by atoms with Gasteiger partial charge in [0.2, 0.25) is 17.7 Å².